The molecule has 0 aliphatic rings. The van der Waals surface area contributed by atoms with Gasteiger partial charge >= 0.3 is 0 Å². The summed E-state index contributed by atoms with van der Waals surface area (Å²) in [5.74, 6) is -0.175. The Hall–Kier alpha value is -1.27. The number of carbonyl (C=O) groups is 1. The smallest absolute Gasteiger partial charge is 0.210 e. The van der Waals surface area contributed by atoms with Gasteiger partial charge in [0.25, 0.3) is 0 Å². The molecule has 0 radical (unpaired) electrons. The van der Waals surface area contributed by atoms with E-state index >= 15 is 0 Å². The van der Waals surface area contributed by atoms with Crippen molar-refractivity contribution < 1.29 is 9.53 Å². The molecule has 6 nitrogen and oxygen atoms in total. The highest BCUT2D eigenvalue weighted by molar-refractivity contribution is 5.94. The summed E-state index contributed by atoms with van der Waals surface area (Å²) in [6.07, 6.45) is 1.56. The van der Waals surface area contributed by atoms with E-state index in [1.165, 1.54) is 11.8 Å². The van der Waals surface area contributed by atoms with Crippen LogP contribution in [0.3, 0.4) is 0 Å². The van der Waals surface area contributed by atoms with Gasteiger partial charge in [-0.15, -0.1) is 5.10 Å². The second kappa shape index (κ2) is 4.68. The summed E-state index contributed by atoms with van der Waals surface area (Å²) in [5, 5.41) is 7.40. The summed E-state index contributed by atoms with van der Waals surface area (Å²) in [7, 11) is 1.46. The fourth-order valence-electron chi connectivity index (χ4n) is 0.873. The molecular formula is C7H12N4O2. The number of ether oxygens (including phenoxy) is 1. The second-order valence-electron chi connectivity index (χ2n) is 2.51. The van der Waals surface area contributed by atoms with E-state index in [4.69, 9.17) is 5.73 Å². The van der Waals surface area contributed by atoms with Crippen molar-refractivity contribution in [3.63, 3.8) is 0 Å². The lowest BCUT2D eigenvalue weighted by Crippen LogP contribution is -2.10. The lowest BCUT2D eigenvalue weighted by atomic mass is 10.3. The van der Waals surface area contributed by atoms with Crippen LogP contribution in [0.5, 0.6) is 0 Å². The third-order valence-corrected chi connectivity index (χ3v) is 1.46. The highest BCUT2D eigenvalue weighted by Crippen LogP contribution is 1.94. The topological polar surface area (TPSA) is 83.0 Å². The number of nitrogens with zero attached hydrogens (tertiary/aromatic N) is 3. The first-order chi connectivity index (χ1) is 6.27. The highest BCUT2D eigenvalue weighted by Gasteiger charge is 2.09. The molecule has 13 heavy (non-hydrogen) atoms. The lowest BCUT2D eigenvalue weighted by Gasteiger charge is -1.93. The Bertz CT molecular complexity index is 284. The Morgan fingerprint density at radius 3 is 3.15 bits per heavy atom. The molecule has 1 aromatic heterocycles. The third kappa shape index (κ3) is 2.60. The fraction of sp³-hybridized carbons (Fsp3) is 0.571. The van der Waals surface area contributed by atoms with Gasteiger partial charge in [0.2, 0.25) is 5.78 Å². The summed E-state index contributed by atoms with van der Waals surface area (Å²) >= 11 is 0. The Kier molecular flexibility index (Phi) is 3.53. The van der Waals surface area contributed by atoms with E-state index in [1.807, 2.05) is 0 Å². The van der Waals surface area contributed by atoms with Crippen LogP contribution in [0.15, 0.2) is 6.20 Å². The highest BCUT2D eigenvalue weighted by atomic mass is 16.5. The molecule has 0 saturated carbocycles. The Morgan fingerprint density at radius 2 is 2.54 bits per heavy atom. The molecule has 0 unspecified atom stereocenters. The Morgan fingerprint density at radius 1 is 1.77 bits per heavy atom. The van der Waals surface area contributed by atoms with Crippen molar-refractivity contribution in [3.05, 3.63) is 11.9 Å². The number of hydrogen-bond acceptors (Lipinski definition) is 5. The summed E-state index contributed by atoms with van der Waals surface area (Å²) in [5.41, 5.74) is 5.62. The van der Waals surface area contributed by atoms with Crippen molar-refractivity contribution in [2.45, 2.75) is 6.54 Å². The van der Waals surface area contributed by atoms with Gasteiger partial charge in [-0.3, -0.25) is 9.48 Å². The molecule has 0 spiro atoms. The zero-order valence-corrected chi connectivity index (χ0v) is 7.43. The molecule has 1 heterocycles. The molecule has 1 aromatic rings. The average Bonchev–Trinajstić information content (AvgIpc) is 2.54. The number of methoxy groups -OCH3 is 1. The van der Waals surface area contributed by atoms with Crippen LogP contribution in [-0.4, -0.2) is 41.0 Å². The molecular weight excluding hydrogens is 172 g/mol. The van der Waals surface area contributed by atoms with Gasteiger partial charge in [0.15, 0.2) is 5.69 Å². The third-order valence-electron chi connectivity index (χ3n) is 1.46. The molecule has 0 amide bonds. The van der Waals surface area contributed by atoms with Crippen LogP contribution in [0.2, 0.25) is 0 Å². The van der Waals surface area contributed by atoms with E-state index < -0.39 is 0 Å². The minimum absolute atomic E-state index is 0.0291. The molecule has 6 heteroatoms. The quantitative estimate of drug-likeness (QED) is 0.597. The number of ketones is 1. The lowest BCUT2D eigenvalue weighted by molar-refractivity contribution is 0.0843. The molecule has 2 N–H and O–H groups in total. The summed E-state index contributed by atoms with van der Waals surface area (Å²) in [6, 6.07) is 0. The Balaban J connectivity index is 2.62. The van der Waals surface area contributed by atoms with Crippen LogP contribution in [0.25, 0.3) is 0 Å². The van der Waals surface area contributed by atoms with Crippen molar-refractivity contribution >= 4 is 5.78 Å². The normalized spacial score (nSPS) is 10.3. The number of Topliss-reactive ketones (excluding diaryl/α,β-unsaturated/α-hetero) is 1. The predicted molar refractivity (Wildman–Crippen MR) is 45.3 cm³/mol. The first-order valence-corrected chi connectivity index (χ1v) is 3.90. The first-order valence-electron chi connectivity index (χ1n) is 3.90. The maximum absolute atomic E-state index is 11.2. The van der Waals surface area contributed by atoms with E-state index in [0.717, 1.165) is 0 Å². The van der Waals surface area contributed by atoms with Gasteiger partial charge in [-0.05, 0) is 0 Å². The van der Waals surface area contributed by atoms with E-state index in [1.54, 1.807) is 6.20 Å². The van der Waals surface area contributed by atoms with Gasteiger partial charge in [-0.1, -0.05) is 5.21 Å². The molecule has 72 valence electrons. The Labute approximate surface area is 75.7 Å². The van der Waals surface area contributed by atoms with Gasteiger partial charge in [0, 0.05) is 13.7 Å². The molecule has 0 aliphatic heterocycles. The SMILES string of the molecule is COCC(=O)c1cn(CCN)nn1. The van der Waals surface area contributed by atoms with Crippen molar-refractivity contribution in [2.24, 2.45) is 5.73 Å². The standard InChI is InChI=1S/C7H12N4O2/c1-13-5-7(12)6-4-11(3-2-8)10-9-6/h4H,2-3,5,8H2,1H3. The average molecular weight is 184 g/mol. The van der Waals surface area contributed by atoms with E-state index in [-0.39, 0.29) is 12.4 Å². The number of nitrogens with two attached hydrogens (primary N) is 1. The van der Waals surface area contributed by atoms with Crippen molar-refractivity contribution in [3.8, 4) is 0 Å². The van der Waals surface area contributed by atoms with Gasteiger partial charge in [0.05, 0.1) is 12.7 Å². The minimum Gasteiger partial charge on any atom is -0.376 e. The number of rotatable bonds is 5. The summed E-state index contributed by atoms with van der Waals surface area (Å²) in [6.45, 7) is 1.07. The number of hydrogen-bond donors (Lipinski definition) is 1. The van der Waals surface area contributed by atoms with E-state index in [9.17, 15) is 4.79 Å². The van der Waals surface area contributed by atoms with Crippen molar-refractivity contribution in [2.75, 3.05) is 20.3 Å². The predicted octanol–water partition coefficient (Wildman–Crippen LogP) is -0.934. The summed E-state index contributed by atoms with van der Waals surface area (Å²) in [4.78, 5) is 11.2. The zero-order chi connectivity index (χ0) is 9.68. The monoisotopic (exact) mass is 184 g/mol. The van der Waals surface area contributed by atoms with Gasteiger partial charge < -0.3 is 10.5 Å². The molecule has 0 aromatic carbocycles. The number of carbonyl (C=O) groups excluding carboxylic acids is 1. The number of aromatic nitrogens is 3. The molecule has 0 saturated heterocycles. The molecule has 1 rings (SSSR count). The first kappa shape index (κ1) is 9.82. The molecule has 0 bridgehead atoms. The van der Waals surface area contributed by atoms with Crippen LogP contribution >= 0.6 is 0 Å². The largest absolute Gasteiger partial charge is 0.376 e. The fourth-order valence-corrected chi connectivity index (χ4v) is 0.873. The maximum atomic E-state index is 11.2. The van der Waals surface area contributed by atoms with Crippen molar-refractivity contribution in [1.29, 1.82) is 0 Å². The van der Waals surface area contributed by atoms with E-state index in [2.05, 4.69) is 15.0 Å². The minimum atomic E-state index is -0.175. The molecule has 0 atom stereocenters. The molecule has 0 fully saturated rings. The summed E-state index contributed by atoms with van der Waals surface area (Å²) < 4.78 is 6.21. The van der Waals surface area contributed by atoms with Crippen LogP contribution in [0.4, 0.5) is 0 Å². The van der Waals surface area contributed by atoms with Crippen molar-refractivity contribution in [1.82, 2.24) is 15.0 Å². The van der Waals surface area contributed by atoms with Gasteiger partial charge in [-0.2, -0.15) is 0 Å². The second-order valence-corrected chi connectivity index (χ2v) is 2.51. The zero-order valence-electron chi connectivity index (χ0n) is 7.43. The van der Waals surface area contributed by atoms with Gasteiger partial charge in [-0.25, -0.2) is 0 Å². The van der Waals surface area contributed by atoms with Crippen LogP contribution < -0.4 is 5.73 Å². The van der Waals surface area contributed by atoms with Gasteiger partial charge in [0.1, 0.15) is 6.61 Å². The molecule has 0 aliphatic carbocycles. The van der Waals surface area contributed by atoms with E-state index in [0.29, 0.717) is 18.8 Å². The van der Waals surface area contributed by atoms with Crippen LogP contribution in [0, 0.1) is 0 Å². The van der Waals surface area contributed by atoms with Crippen LogP contribution in [0.1, 0.15) is 10.5 Å². The maximum Gasteiger partial charge on any atom is 0.210 e. The van der Waals surface area contributed by atoms with Crippen LogP contribution in [-0.2, 0) is 11.3 Å².